The third-order valence-electron chi connectivity index (χ3n) is 2.94. The molecular formula is C17H22O5. The lowest BCUT2D eigenvalue weighted by molar-refractivity contribution is -0.143. The average Bonchev–Trinajstić information content (AvgIpc) is 2.45. The zero-order valence-electron chi connectivity index (χ0n) is 13.7. The van der Waals surface area contributed by atoms with Crippen molar-refractivity contribution in [1.29, 1.82) is 0 Å². The summed E-state index contributed by atoms with van der Waals surface area (Å²) < 4.78 is 10.3. The van der Waals surface area contributed by atoms with Gasteiger partial charge in [0.2, 0.25) is 0 Å². The topological polar surface area (TPSA) is 69.7 Å². The molecule has 0 heterocycles. The van der Waals surface area contributed by atoms with Crippen molar-refractivity contribution in [3.05, 3.63) is 29.3 Å². The summed E-state index contributed by atoms with van der Waals surface area (Å²) in [6.07, 6.45) is 0.242. The first kappa shape index (κ1) is 17.9. The number of hydrogen-bond donors (Lipinski definition) is 0. The minimum atomic E-state index is -0.756. The molecule has 0 saturated carbocycles. The third-order valence-corrected chi connectivity index (χ3v) is 2.94. The van der Waals surface area contributed by atoms with Crippen LogP contribution in [0.15, 0.2) is 18.2 Å². The summed E-state index contributed by atoms with van der Waals surface area (Å²) in [5.74, 6) is -1.37. The van der Waals surface area contributed by atoms with Crippen LogP contribution >= 0.6 is 0 Å². The van der Waals surface area contributed by atoms with Crippen LogP contribution in [0.1, 0.15) is 61.8 Å². The van der Waals surface area contributed by atoms with Crippen LogP contribution in [0.3, 0.4) is 0 Å². The van der Waals surface area contributed by atoms with Crippen LogP contribution in [0, 0.1) is 5.41 Å². The van der Waals surface area contributed by atoms with Crippen LogP contribution < -0.4 is 4.74 Å². The quantitative estimate of drug-likeness (QED) is 0.473. The highest BCUT2D eigenvalue weighted by atomic mass is 16.5. The van der Waals surface area contributed by atoms with E-state index in [1.54, 1.807) is 46.8 Å². The SMILES string of the molecule is CCOC(=O)c1cccc(C(=O)CC)c1OC(=O)C(C)(C)C. The number of para-hydroxylation sites is 1. The molecule has 1 aromatic rings. The largest absolute Gasteiger partial charge is 0.462 e. The van der Waals surface area contributed by atoms with Crippen molar-refractivity contribution in [2.75, 3.05) is 6.61 Å². The molecule has 0 aliphatic carbocycles. The van der Waals surface area contributed by atoms with Crippen LogP contribution in [0.2, 0.25) is 0 Å². The van der Waals surface area contributed by atoms with Gasteiger partial charge in [-0.05, 0) is 39.8 Å². The molecule has 0 radical (unpaired) electrons. The first-order valence-corrected chi connectivity index (χ1v) is 7.28. The van der Waals surface area contributed by atoms with Gasteiger partial charge in [0.25, 0.3) is 0 Å². The zero-order valence-corrected chi connectivity index (χ0v) is 13.7. The van der Waals surface area contributed by atoms with Crippen LogP contribution in [0.4, 0.5) is 0 Å². The summed E-state index contributed by atoms with van der Waals surface area (Å²) in [6.45, 7) is 8.67. The molecular weight excluding hydrogens is 284 g/mol. The third kappa shape index (κ3) is 4.16. The van der Waals surface area contributed by atoms with Gasteiger partial charge in [0.05, 0.1) is 17.6 Å². The molecule has 1 rings (SSSR count). The molecule has 0 aromatic heterocycles. The fourth-order valence-corrected chi connectivity index (χ4v) is 1.67. The number of rotatable bonds is 5. The number of Topliss-reactive ketones (excluding diaryl/α,β-unsaturated/α-hetero) is 1. The first-order valence-electron chi connectivity index (χ1n) is 7.28. The normalized spacial score (nSPS) is 11.0. The lowest BCUT2D eigenvalue weighted by Crippen LogP contribution is -2.27. The summed E-state index contributed by atoms with van der Waals surface area (Å²) in [5, 5.41) is 0. The van der Waals surface area contributed by atoms with Crippen molar-refractivity contribution in [2.45, 2.75) is 41.0 Å². The maximum absolute atomic E-state index is 12.1. The highest BCUT2D eigenvalue weighted by molar-refractivity contribution is 6.04. The number of carbonyl (C=O) groups excluding carboxylic acids is 3. The average molecular weight is 306 g/mol. The van der Waals surface area contributed by atoms with Crippen molar-refractivity contribution in [3.8, 4) is 5.75 Å². The molecule has 1 aromatic carbocycles. The van der Waals surface area contributed by atoms with Gasteiger partial charge in [-0.1, -0.05) is 13.0 Å². The molecule has 0 saturated heterocycles. The van der Waals surface area contributed by atoms with Gasteiger partial charge in [0.15, 0.2) is 11.5 Å². The van der Waals surface area contributed by atoms with Crippen molar-refractivity contribution in [3.63, 3.8) is 0 Å². The molecule has 0 spiro atoms. The summed E-state index contributed by atoms with van der Waals surface area (Å²) >= 11 is 0. The molecule has 120 valence electrons. The highest BCUT2D eigenvalue weighted by Gasteiger charge is 2.28. The van der Waals surface area contributed by atoms with Gasteiger partial charge < -0.3 is 9.47 Å². The van der Waals surface area contributed by atoms with Gasteiger partial charge in [-0.25, -0.2) is 4.79 Å². The predicted octanol–water partition coefficient (Wildman–Crippen LogP) is 3.41. The Kier molecular flexibility index (Phi) is 5.85. The van der Waals surface area contributed by atoms with Gasteiger partial charge in [-0.3, -0.25) is 9.59 Å². The second-order valence-corrected chi connectivity index (χ2v) is 5.82. The molecule has 0 bridgehead atoms. The fourth-order valence-electron chi connectivity index (χ4n) is 1.67. The Morgan fingerprint density at radius 3 is 2.14 bits per heavy atom. The lowest BCUT2D eigenvalue weighted by Gasteiger charge is -2.19. The van der Waals surface area contributed by atoms with Gasteiger partial charge in [0.1, 0.15) is 5.56 Å². The molecule has 0 aliphatic rings. The molecule has 0 atom stereocenters. The number of esters is 2. The Hall–Kier alpha value is -2.17. The standard InChI is InChI=1S/C17H22O5/c1-6-13(18)11-9-8-10-12(15(19)21-7-2)14(11)22-16(20)17(3,4)5/h8-10H,6-7H2,1-5H3. The number of carbonyl (C=O) groups is 3. The van der Waals surface area contributed by atoms with Crippen molar-refractivity contribution < 1.29 is 23.9 Å². The smallest absolute Gasteiger partial charge is 0.341 e. The Morgan fingerprint density at radius 1 is 1.05 bits per heavy atom. The lowest BCUT2D eigenvalue weighted by atomic mass is 9.97. The Bertz CT molecular complexity index is 581. The van der Waals surface area contributed by atoms with Gasteiger partial charge >= 0.3 is 11.9 Å². The fraction of sp³-hybridized carbons (Fsp3) is 0.471. The van der Waals surface area contributed by atoms with Crippen LogP contribution in [-0.4, -0.2) is 24.3 Å². The predicted molar refractivity (Wildman–Crippen MR) is 82.1 cm³/mol. The van der Waals surface area contributed by atoms with Crippen LogP contribution in [-0.2, 0) is 9.53 Å². The summed E-state index contributed by atoms with van der Waals surface area (Å²) in [6, 6.07) is 4.60. The second kappa shape index (κ2) is 7.20. The zero-order chi connectivity index (χ0) is 16.9. The van der Waals surface area contributed by atoms with E-state index in [2.05, 4.69) is 0 Å². The number of ether oxygens (including phenoxy) is 2. The maximum atomic E-state index is 12.1. The minimum absolute atomic E-state index is 0.0206. The van der Waals surface area contributed by atoms with E-state index in [1.165, 1.54) is 6.07 Å². The van der Waals surface area contributed by atoms with Gasteiger partial charge in [0, 0.05) is 6.42 Å². The molecule has 5 heteroatoms. The number of benzene rings is 1. The van der Waals surface area contributed by atoms with E-state index in [-0.39, 0.29) is 35.7 Å². The van der Waals surface area contributed by atoms with E-state index in [1.807, 2.05) is 0 Å². The minimum Gasteiger partial charge on any atom is -0.462 e. The summed E-state index contributed by atoms with van der Waals surface area (Å²) in [4.78, 5) is 36.2. The summed E-state index contributed by atoms with van der Waals surface area (Å²) in [5.41, 5.74) is -0.460. The first-order chi connectivity index (χ1) is 10.2. The monoisotopic (exact) mass is 306 g/mol. The van der Waals surface area contributed by atoms with Crippen LogP contribution in [0.25, 0.3) is 0 Å². The van der Waals surface area contributed by atoms with Crippen molar-refractivity contribution in [2.24, 2.45) is 5.41 Å². The summed E-state index contributed by atoms with van der Waals surface area (Å²) in [7, 11) is 0. The molecule has 0 N–H and O–H groups in total. The molecule has 0 unspecified atom stereocenters. The van der Waals surface area contributed by atoms with Crippen LogP contribution in [0.5, 0.6) is 5.75 Å². The number of ketones is 1. The Balaban J connectivity index is 3.37. The highest BCUT2D eigenvalue weighted by Crippen LogP contribution is 2.29. The van der Waals surface area contributed by atoms with E-state index in [0.29, 0.717) is 0 Å². The van der Waals surface area contributed by atoms with Crippen molar-refractivity contribution >= 4 is 17.7 Å². The molecule has 22 heavy (non-hydrogen) atoms. The molecule has 5 nitrogen and oxygen atoms in total. The van der Waals surface area contributed by atoms with E-state index < -0.39 is 17.4 Å². The second-order valence-electron chi connectivity index (χ2n) is 5.82. The van der Waals surface area contributed by atoms with Gasteiger partial charge in [-0.15, -0.1) is 0 Å². The van der Waals surface area contributed by atoms with Gasteiger partial charge in [-0.2, -0.15) is 0 Å². The molecule has 0 fully saturated rings. The van der Waals surface area contributed by atoms with E-state index in [9.17, 15) is 14.4 Å². The Morgan fingerprint density at radius 2 is 1.64 bits per heavy atom. The van der Waals surface area contributed by atoms with Crippen molar-refractivity contribution in [1.82, 2.24) is 0 Å². The molecule has 0 aliphatic heterocycles. The maximum Gasteiger partial charge on any atom is 0.341 e. The van der Waals surface area contributed by atoms with E-state index in [0.717, 1.165) is 0 Å². The number of hydrogen-bond acceptors (Lipinski definition) is 5. The van der Waals surface area contributed by atoms with E-state index >= 15 is 0 Å². The Labute approximate surface area is 130 Å². The molecule has 0 amide bonds. The van der Waals surface area contributed by atoms with E-state index in [4.69, 9.17) is 9.47 Å².